The van der Waals surface area contributed by atoms with Crippen LogP contribution in [-0.4, -0.2) is 35.6 Å². The van der Waals surface area contributed by atoms with Gasteiger partial charge in [-0.3, -0.25) is 0 Å². The smallest absolute Gasteiger partial charge is 0.222 e. The third-order valence-corrected chi connectivity index (χ3v) is 3.77. The van der Waals surface area contributed by atoms with Gasteiger partial charge in [-0.15, -0.1) is 0 Å². The monoisotopic (exact) mass is 271 g/mol. The van der Waals surface area contributed by atoms with E-state index in [-0.39, 0.29) is 0 Å². The van der Waals surface area contributed by atoms with E-state index in [9.17, 15) is 0 Å². The Balaban J connectivity index is 1.87. The van der Waals surface area contributed by atoms with Crippen LogP contribution in [0.5, 0.6) is 0 Å². The van der Waals surface area contributed by atoms with Crippen molar-refractivity contribution in [3.63, 3.8) is 0 Å². The summed E-state index contributed by atoms with van der Waals surface area (Å²) >= 11 is 0. The van der Waals surface area contributed by atoms with Gasteiger partial charge < -0.3 is 16.0 Å². The predicted molar refractivity (Wildman–Crippen MR) is 82.9 cm³/mol. The van der Waals surface area contributed by atoms with Crippen molar-refractivity contribution in [3.05, 3.63) is 24.3 Å². The van der Waals surface area contributed by atoms with Crippen LogP contribution in [0.25, 0.3) is 10.9 Å². The number of aromatic nitrogens is 2. The molecule has 3 rings (SSSR count). The van der Waals surface area contributed by atoms with Gasteiger partial charge in [0.25, 0.3) is 0 Å². The minimum absolute atomic E-state index is 0.351. The molecule has 0 aliphatic carbocycles. The Morgan fingerprint density at radius 2 is 2.20 bits per heavy atom. The molecule has 5 heteroatoms. The Morgan fingerprint density at radius 3 is 3.05 bits per heavy atom. The Bertz CT molecular complexity index is 598. The zero-order chi connectivity index (χ0) is 13.9. The molecule has 3 N–H and O–H groups in total. The van der Waals surface area contributed by atoms with Crippen molar-refractivity contribution in [2.24, 2.45) is 0 Å². The molecule has 1 aliphatic rings. The van der Waals surface area contributed by atoms with Crippen LogP contribution in [0.4, 0.5) is 11.8 Å². The van der Waals surface area contributed by atoms with E-state index < -0.39 is 0 Å². The van der Waals surface area contributed by atoms with Gasteiger partial charge in [0.05, 0.1) is 5.52 Å². The summed E-state index contributed by atoms with van der Waals surface area (Å²) in [5.74, 6) is 1.32. The first-order chi connectivity index (χ1) is 9.78. The second-order valence-electron chi connectivity index (χ2n) is 5.31. The summed E-state index contributed by atoms with van der Waals surface area (Å²) in [7, 11) is 0. The molecular formula is C15H21N5. The van der Waals surface area contributed by atoms with Crippen LogP contribution in [-0.2, 0) is 0 Å². The number of anilines is 2. The highest BCUT2D eigenvalue weighted by Crippen LogP contribution is 2.27. The number of para-hydroxylation sites is 1. The molecular weight excluding hydrogens is 250 g/mol. The van der Waals surface area contributed by atoms with Crippen LogP contribution in [0.2, 0.25) is 0 Å². The minimum atomic E-state index is 0.351. The van der Waals surface area contributed by atoms with Crippen LogP contribution in [0.3, 0.4) is 0 Å². The molecule has 1 saturated heterocycles. The maximum absolute atomic E-state index is 5.84. The van der Waals surface area contributed by atoms with Gasteiger partial charge in [0.1, 0.15) is 5.82 Å². The largest absolute Gasteiger partial charge is 0.368 e. The highest BCUT2D eigenvalue weighted by molar-refractivity contribution is 5.90. The summed E-state index contributed by atoms with van der Waals surface area (Å²) in [4.78, 5) is 11.1. The lowest BCUT2D eigenvalue weighted by Gasteiger charge is -2.19. The predicted octanol–water partition coefficient (Wildman–Crippen LogP) is 1.79. The molecule has 20 heavy (non-hydrogen) atoms. The van der Waals surface area contributed by atoms with Crippen LogP contribution < -0.4 is 16.0 Å². The highest BCUT2D eigenvalue weighted by Gasteiger charge is 2.24. The van der Waals surface area contributed by atoms with E-state index in [0.29, 0.717) is 12.0 Å². The summed E-state index contributed by atoms with van der Waals surface area (Å²) in [5, 5.41) is 4.66. The number of hydrogen-bond acceptors (Lipinski definition) is 5. The van der Waals surface area contributed by atoms with Crippen molar-refractivity contribution in [1.29, 1.82) is 0 Å². The second-order valence-corrected chi connectivity index (χ2v) is 5.31. The molecule has 0 radical (unpaired) electrons. The SMILES string of the molecule is CCCNC1CCN(c2nc(N)nc3ccccc23)C1. The number of benzene rings is 1. The molecule has 0 bridgehead atoms. The van der Waals surface area contributed by atoms with Crippen LogP contribution in [0.1, 0.15) is 19.8 Å². The Labute approximate surface area is 119 Å². The fourth-order valence-corrected chi connectivity index (χ4v) is 2.79. The fraction of sp³-hybridized carbons (Fsp3) is 0.467. The van der Waals surface area contributed by atoms with Crippen LogP contribution in [0.15, 0.2) is 24.3 Å². The van der Waals surface area contributed by atoms with E-state index in [1.165, 1.54) is 6.42 Å². The van der Waals surface area contributed by atoms with E-state index in [0.717, 1.165) is 42.8 Å². The number of nitrogens with zero attached hydrogens (tertiary/aromatic N) is 3. The summed E-state index contributed by atoms with van der Waals surface area (Å²) in [6, 6.07) is 8.60. The number of nitrogens with one attached hydrogen (secondary N) is 1. The van der Waals surface area contributed by atoms with Crippen LogP contribution >= 0.6 is 0 Å². The molecule has 1 aliphatic heterocycles. The summed E-state index contributed by atoms with van der Waals surface area (Å²) in [6.45, 7) is 5.27. The van der Waals surface area contributed by atoms with Crippen molar-refractivity contribution in [2.75, 3.05) is 30.3 Å². The number of rotatable bonds is 4. The highest BCUT2D eigenvalue weighted by atomic mass is 15.2. The van der Waals surface area contributed by atoms with Gasteiger partial charge in [-0.05, 0) is 31.5 Å². The molecule has 1 aromatic heterocycles. The zero-order valence-corrected chi connectivity index (χ0v) is 11.8. The summed E-state index contributed by atoms with van der Waals surface area (Å²) < 4.78 is 0. The Hall–Kier alpha value is -1.88. The standard InChI is InChI=1S/C15H21N5/c1-2-8-17-11-7-9-20(10-11)14-12-5-3-4-6-13(12)18-15(16)19-14/h3-6,11,17H,2,7-10H2,1H3,(H2,16,18,19). The second kappa shape index (κ2) is 5.63. The molecule has 0 amide bonds. The van der Waals surface area contributed by atoms with Crippen molar-refractivity contribution in [2.45, 2.75) is 25.8 Å². The molecule has 1 unspecified atom stereocenters. The normalized spacial score (nSPS) is 18.9. The van der Waals surface area contributed by atoms with Gasteiger partial charge in [0.15, 0.2) is 0 Å². The Kier molecular flexibility index (Phi) is 3.69. The minimum Gasteiger partial charge on any atom is -0.368 e. The fourth-order valence-electron chi connectivity index (χ4n) is 2.79. The average Bonchev–Trinajstić information content (AvgIpc) is 2.93. The molecule has 1 aromatic carbocycles. The van der Waals surface area contributed by atoms with Crippen molar-refractivity contribution in [3.8, 4) is 0 Å². The molecule has 0 spiro atoms. The topological polar surface area (TPSA) is 67.1 Å². The third-order valence-electron chi connectivity index (χ3n) is 3.77. The van der Waals surface area contributed by atoms with Crippen molar-refractivity contribution in [1.82, 2.24) is 15.3 Å². The molecule has 0 saturated carbocycles. The van der Waals surface area contributed by atoms with E-state index in [1.54, 1.807) is 0 Å². The van der Waals surface area contributed by atoms with E-state index in [2.05, 4.69) is 33.2 Å². The van der Waals surface area contributed by atoms with Gasteiger partial charge in [-0.25, -0.2) is 4.98 Å². The maximum atomic E-state index is 5.84. The molecule has 2 heterocycles. The van der Waals surface area contributed by atoms with E-state index in [4.69, 9.17) is 5.73 Å². The molecule has 1 atom stereocenters. The van der Waals surface area contributed by atoms with Gasteiger partial charge in [-0.1, -0.05) is 19.1 Å². The first-order valence-corrected chi connectivity index (χ1v) is 7.28. The number of fused-ring (bicyclic) bond motifs is 1. The molecule has 2 aromatic rings. The lowest BCUT2D eigenvalue weighted by Crippen LogP contribution is -2.33. The van der Waals surface area contributed by atoms with Gasteiger partial charge in [0, 0.05) is 24.5 Å². The van der Waals surface area contributed by atoms with E-state index in [1.807, 2.05) is 18.2 Å². The lowest BCUT2D eigenvalue weighted by molar-refractivity contribution is 0.549. The van der Waals surface area contributed by atoms with Gasteiger partial charge >= 0.3 is 0 Å². The number of nitrogens with two attached hydrogens (primary N) is 1. The first kappa shape index (κ1) is 13.1. The lowest BCUT2D eigenvalue weighted by atomic mass is 10.2. The first-order valence-electron chi connectivity index (χ1n) is 7.28. The average molecular weight is 271 g/mol. The van der Waals surface area contributed by atoms with Crippen molar-refractivity contribution >= 4 is 22.7 Å². The molecule has 5 nitrogen and oxygen atoms in total. The summed E-state index contributed by atoms with van der Waals surface area (Å²) in [5.41, 5.74) is 6.76. The molecule has 106 valence electrons. The van der Waals surface area contributed by atoms with Crippen molar-refractivity contribution < 1.29 is 0 Å². The molecule has 1 fully saturated rings. The third kappa shape index (κ3) is 2.54. The number of hydrogen-bond donors (Lipinski definition) is 2. The van der Waals surface area contributed by atoms with Crippen LogP contribution in [0, 0.1) is 0 Å². The van der Waals surface area contributed by atoms with E-state index >= 15 is 0 Å². The Morgan fingerprint density at radius 1 is 1.35 bits per heavy atom. The quantitative estimate of drug-likeness (QED) is 0.887. The maximum Gasteiger partial charge on any atom is 0.222 e. The zero-order valence-electron chi connectivity index (χ0n) is 11.8. The summed E-state index contributed by atoms with van der Waals surface area (Å²) in [6.07, 6.45) is 2.32. The van der Waals surface area contributed by atoms with Gasteiger partial charge in [-0.2, -0.15) is 4.98 Å². The van der Waals surface area contributed by atoms with Gasteiger partial charge in [0.2, 0.25) is 5.95 Å². The number of nitrogen functional groups attached to an aromatic ring is 1.